The maximum atomic E-state index is 12.9. The Hall–Kier alpha value is -2.83. The van der Waals surface area contributed by atoms with Crippen molar-refractivity contribution >= 4 is 11.6 Å². The van der Waals surface area contributed by atoms with Crippen LogP contribution in [0.15, 0.2) is 30.7 Å². The van der Waals surface area contributed by atoms with Crippen LogP contribution in [-0.2, 0) is 0 Å². The molecule has 0 bridgehead atoms. The molecule has 25 heavy (non-hydrogen) atoms. The number of nitrogens with one attached hydrogen (secondary N) is 1. The van der Waals surface area contributed by atoms with Crippen LogP contribution in [-0.4, -0.2) is 50.6 Å². The normalized spacial score (nSPS) is 15.7. The van der Waals surface area contributed by atoms with E-state index in [1.807, 2.05) is 40.8 Å². The highest BCUT2D eigenvalue weighted by Crippen LogP contribution is 2.30. The van der Waals surface area contributed by atoms with Crippen LogP contribution in [0, 0.1) is 6.92 Å². The minimum absolute atomic E-state index is 0.0278. The van der Waals surface area contributed by atoms with Crippen molar-refractivity contribution in [3.63, 3.8) is 0 Å². The summed E-state index contributed by atoms with van der Waals surface area (Å²) < 4.78 is 7.03. The summed E-state index contributed by atoms with van der Waals surface area (Å²) >= 11 is 0. The SMILES string of the molecule is COc1ccn2c(C(=O)N3CCC(c4cn[nH]c4C)CC3)cnc2c1. The first-order valence-corrected chi connectivity index (χ1v) is 8.47. The second-order valence-electron chi connectivity index (χ2n) is 6.46. The van der Waals surface area contributed by atoms with Gasteiger partial charge < -0.3 is 9.64 Å². The van der Waals surface area contributed by atoms with Crippen molar-refractivity contribution in [3.05, 3.63) is 47.7 Å². The van der Waals surface area contributed by atoms with Crippen LogP contribution in [0.25, 0.3) is 5.65 Å². The lowest BCUT2D eigenvalue weighted by Gasteiger charge is -2.31. The average Bonchev–Trinajstić information content (AvgIpc) is 3.26. The summed E-state index contributed by atoms with van der Waals surface area (Å²) in [4.78, 5) is 19.2. The van der Waals surface area contributed by atoms with Gasteiger partial charge in [0.05, 0.1) is 19.5 Å². The predicted molar refractivity (Wildman–Crippen MR) is 92.9 cm³/mol. The lowest BCUT2D eigenvalue weighted by molar-refractivity contribution is 0.0706. The highest BCUT2D eigenvalue weighted by molar-refractivity contribution is 5.93. The number of hydrogen-bond donors (Lipinski definition) is 1. The number of carbonyl (C=O) groups is 1. The van der Waals surface area contributed by atoms with Gasteiger partial charge in [-0.25, -0.2) is 4.98 Å². The molecule has 1 fully saturated rings. The largest absolute Gasteiger partial charge is 0.497 e. The third-order valence-electron chi connectivity index (χ3n) is 5.03. The summed E-state index contributed by atoms with van der Waals surface area (Å²) in [6, 6.07) is 3.66. The Morgan fingerprint density at radius 1 is 1.32 bits per heavy atom. The number of imidazole rings is 1. The molecule has 1 amide bonds. The van der Waals surface area contributed by atoms with Crippen LogP contribution in [0.2, 0.25) is 0 Å². The zero-order valence-electron chi connectivity index (χ0n) is 14.4. The van der Waals surface area contributed by atoms with Crippen LogP contribution >= 0.6 is 0 Å². The predicted octanol–water partition coefficient (Wildman–Crippen LogP) is 2.39. The van der Waals surface area contributed by atoms with Gasteiger partial charge in [-0.1, -0.05) is 0 Å². The summed E-state index contributed by atoms with van der Waals surface area (Å²) in [5, 5.41) is 7.11. The number of fused-ring (bicyclic) bond motifs is 1. The zero-order chi connectivity index (χ0) is 17.4. The molecule has 0 saturated carbocycles. The van der Waals surface area contributed by atoms with Crippen LogP contribution < -0.4 is 4.74 Å². The number of amides is 1. The number of H-pyrrole nitrogens is 1. The fourth-order valence-corrected chi connectivity index (χ4v) is 3.57. The van der Waals surface area contributed by atoms with Gasteiger partial charge in [0, 0.05) is 31.0 Å². The Kier molecular flexibility index (Phi) is 3.91. The molecule has 130 valence electrons. The van der Waals surface area contributed by atoms with E-state index in [2.05, 4.69) is 15.2 Å². The number of rotatable bonds is 3. The molecule has 1 saturated heterocycles. The molecule has 4 rings (SSSR count). The van der Waals surface area contributed by atoms with E-state index in [9.17, 15) is 4.79 Å². The van der Waals surface area contributed by atoms with Crippen molar-refractivity contribution < 1.29 is 9.53 Å². The van der Waals surface area contributed by atoms with Crippen molar-refractivity contribution in [1.82, 2.24) is 24.5 Å². The van der Waals surface area contributed by atoms with E-state index >= 15 is 0 Å². The maximum Gasteiger partial charge on any atom is 0.272 e. The molecule has 3 aromatic rings. The number of piperidine rings is 1. The Morgan fingerprint density at radius 3 is 2.80 bits per heavy atom. The molecule has 1 aliphatic heterocycles. The number of likely N-dealkylation sites (tertiary alicyclic amines) is 1. The second-order valence-corrected chi connectivity index (χ2v) is 6.46. The van der Waals surface area contributed by atoms with Gasteiger partial charge in [-0.05, 0) is 37.3 Å². The van der Waals surface area contributed by atoms with E-state index in [1.54, 1.807) is 13.3 Å². The van der Waals surface area contributed by atoms with Crippen molar-refractivity contribution in [3.8, 4) is 5.75 Å². The van der Waals surface area contributed by atoms with Crippen LogP contribution in [0.5, 0.6) is 5.75 Å². The molecule has 1 N–H and O–H groups in total. The summed E-state index contributed by atoms with van der Waals surface area (Å²) in [7, 11) is 1.62. The number of methoxy groups -OCH3 is 1. The summed E-state index contributed by atoms with van der Waals surface area (Å²) in [5.74, 6) is 1.22. The lowest BCUT2D eigenvalue weighted by Crippen LogP contribution is -2.38. The minimum atomic E-state index is 0.0278. The molecule has 0 aromatic carbocycles. The number of ether oxygens (including phenoxy) is 1. The summed E-state index contributed by atoms with van der Waals surface area (Å²) in [6.45, 7) is 3.54. The van der Waals surface area contributed by atoms with Gasteiger partial charge in [0.15, 0.2) is 0 Å². The molecule has 0 unspecified atom stereocenters. The van der Waals surface area contributed by atoms with E-state index < -0.39 is 0 Å². The number of aromatic nitrogens is 4. The van der Waals surface area contributed by atoms with Crippen LogP contribution in [0.4, 0.5) is 0 Å². The van der Waals surface area contributed by atoms with Crippen LogP contribution in [0.3, 0.4) is 0 Å². The first kappa shape index (κ1) is 15.7. The van der Waals surface area contributed by atoms with Crippen molar-refractivity contribution in [2.75, 3.05) is 20.2 Å². The number of carbonyl (C=O) groups excluding carboxylic acids is 1. The van der Waals surface area contributed by atoms with E-state index in [4.69, 9.17) is 4.74 Å². The topological polar surface area (TPSA) is 75.5 Å². The van der Waals surface area contributed by atoms with Crippen molar-refractivity contribution in [2.45, 2.75) is 25.7 Å². The van der Waals surface area contributed by atoms with E-state index in [-0.39, 0.29) is 5.91 Å². The Balaban J connectivity index is 1.50. The van der Waals surface area contributed by atoms with E-state index in [1.165, 1.54) is 5.56 Å². The summed E-state index contributed by atoms with van der Waals surface area (Å²) in [6.07, 6.45) is 7.29. The second kappa shape index (κ2) is 6.23. The molecule has 7 heteroatoms. The molecule has 4 heterocycles. The molecule has 0 aliphatic carbocycles. The number of hydrogen-bond acceptors (Lipinski definition) is 4. The number of aryl methyl sites for hydroxylation is 1. The van der Waals surface area contributed by atoms with E-state index in [0.29, 0.717) is 17.3 Å². The standard InChI is InChI=1S/C18H21N5O2/c1-12-15(10-20-21-12)13-3-6-22(7-4-13)18(24)16-11-19-17-9-14(25-2)5-8-23(16)17/h5,8-11,13H,3-4,6-7H2,1-2H3,(H,20,21). The molecule has 3 aromatic heterocycles. The quantitative estimate of drug-likeness (QED) is 0.795. The van der Waals surface area contributed by atoms with Gasteiger partial charge in [0.2, 0.25) is 0 Å². The van der Waals surface area contributed by atoms with Gasteiger partial charge in [-0.2, -0.15) is 5.10 Å². The summed E-state index contributed by atoms with van der Waals surface area (Å²) in [5.41, 5.74) is 3.71. The zero-order valence-corrected chi connectivity index (χ0v) is 14.4. The third kappa shape index (κ3) is 2.75. The van der Waals surface area contributed by atoms with Gasteiger partial charge in [0.25, 0.3) is 5.91 Å². The highest BCUT2D eigenvalue weighted by atomic mass is 16.5. The monoisotopic (exact) mass is 339 g/mol. The molecule has 0 spiro atoms. The fourth-order valence-electron chi connectivity index (χ4n) is 3.57. The number of aromatic amines is 1. The first-order valence-electron chi connectivity index (χ1n) is 8.47. The van der Waals surface area contributed by atoms with Gasteiger partial charge in [0.1, 0.15) is 17.1 Å². The van der Waals surface area contributed by atoms with Gasteiger partial charge >= 0.3 is 0 Å². The molecule has 1 aliphatic rings. The Morgan fingerprint density at radius 2 is 2.12 bits per heavy atom. The van der Waals surface area contributed by atoms with Gasteiger partial charge in [-0.15, -0.1) is 0 Å². The van der Waals surface area contributed by atoms with E-state index in [0.717, 1.165) is 37.4 Å². The van der Waals surface area contributed by atoms with Crippen molar-refractivity contribution in [2.24, 2.45) is 0 Å². The molecular formula is C18H21N5O2. The molecule has 0 atom stereocenters. The molecular weight excluding hydrogens is 318 g/mol. The third-order valence-corrected chi connectivity index (χ3v) is 5.03. The van der Waals surface area contributed by atoms with Crippen LogP contribution in [0.1, 0.15) is 40.5 Å². The van der Waals surface area contributed by atoms with Crippen molar-refractivity contribution in [1.29, 1.82) is 0 Å². The number of nitrogens with zero attached hydrogens (tertiary/aromatic N) is 4. The highest BCUT2D eigenvalue weighted by Gasteiger charge is 2.27. The minimum Gasteiger partial charge on any atom is -0.497 e. The smallest absolute Gasteiger partial charge is 0.272 e. The Bertz CT molecular complexity index is 905. The molecule has 7 nitrogen and oxygen atoms in total. The fraction of sp³-hybridized carbons (Fsp3) is 0.389. The molecule has 0 radical (unpaired) electrons. The van der Waals surface area contributed by atoms with Gasteiger partial charge in [-0.3, -0.25) is 14.3 Å². The maximum absolute atomic E-state index is 12.9. The number of pyridine rings is 1. The first-order chi connectivity index (χ1) is 12.2. The average molecular weight is 339 g/mol. The Labute approximate surface area is 145 Å². The lowest BCUT2D eigenvalue weighted by atomic mass is 9.90.